The second-order valence-corrected chi connectivity index (χ2v) is 4.57. The van der Waals surface area contributed by atoms with Gasteiger partial charge in [0.25, 0.3) is 5.56 Å². The first kappa shape index (κ1) is 12.5. The Kier molecular flexibility index (Phi) is 3.03. The van der Waals surface area contributed by atoms with E-state index in [1.54, 1.807) is 28.8 Å². The first-order valence-corrected chi connectivity index (χ1v) is 6.37. The van der Waals surface area contributed by atoms with Crippen molar-refractivity contribution in [3.63, 3.8) is 0 Å². The molecule has 0 aliphatic carbocycles. The summed E-state index contributed by atoms with van der Waals surface area (Å²) in [5, 5.41) is 7.35. The average Bonchev–Trinajstić information content (AvgIpc) is 2.81. The molecule has 100 valence electrons. The monoisotopic (exact) mass is 285 g/mol. The summed E-state index contributed by atoms with van der Waals surface area (Å²) in [4.78, 5) is 19.2. The first-order valence-electron chi connectivity index (χ1n) is 5.96. The first-order chi connectivity index (χ1) is 9.70. The van der Waals surface area contributed by atoms with Gasteiger partial charge in [-0.2, -0.15) is 5.10 Å². The SMILES string of the molecule is C=CCn1c(-c2nc3ccccc3c(=O)[nH]2)n[nH]c1=S. The molecule has 20 heavy (non-hydrogen) atoms. The third-order valence-electron chi connectivity index (χ3n) is 2.89. The smallest absolute Gasteiger partial charge is 0.259 e. The summed E-state index contributed by atoms with van der Waals surface area (Å²) in [7, 11) is 0. The highest BCUT2D eigenvalue weighted by atomic mass is 32.1. The fraction of sp³-hybridized carbons (Fsp3) is 0.0769. The summed E-state index contributed by atoms with van der Waals surface area (Å²) >= 11 is 5.14. The van der Waals surface area contributed by atoms with Crippen LogP contribution < -0.4 is 5.56 Å². The molecule has 1 aromatic carbocycles. The minimum Gasteiger partial charge on any atom is -0.303 e. The lowest BCUT2D eigenvalue weighted by Gasteiger charge is -2.04. The third kappa shape index (κ3) is 1.97. The van der Waals surface area contributed by atoms with E-state index < -0.39 is 0 Å². The summed E-state index contributed by atoms with van der Waals surface area (Å²) in [6.07, 6.45) is 1.70. The molecule has 6 nitrogen and oxygen atoms in total. The second kappa shape index (κ2) is 4.86. The van der Waals surface area contributed by atoms with E-state index in [-0.39, 0.29) is 5.56 Å². The van der Waals surface area contributed by atoms with Crippen LogP contribution in [-0.4, -0.2) is 24.7 Å². The van der Waals surface area contributed by atoms with Crippen LogP contribution in [0.5, 0.6) is 0 Å². The number of aromatic amines is 2. The van der Waals surface area contributed by atoms with E-state index in [1.807, 2.05) is 6.07 Å². The van der Waals surface area contributed by atoms with E-state index in [1.165, 1.54) is 0 Å². The molecule has 7 heteroatoms. The Morgan fingerprint density at radius 2 is 2.20 bits per heavy atom. The number of nitrogens with one attached hydrogen (secondary N) is 2. The molecule has 0 saturated heterocycles. The van der Waals surface area contributed by atoms with Crippen LogP contribution in [0.15, 0.2) is 41.7 Å². The van der Waals surface area contributed by atoms with E-state index in [9.17, 15) is 4.79 Å². The molecule has 0 atom stereocenters. The average molecular weight is 285 g/mol. The molecule has 0 unspecified atom stereocenters. The Morgan fingerprint density at radius 1 is 1.40 bits per heavy atom. The van der Waals surface area contributed by atoms with Crippen LogP contribution >= 0.6 is 12.2 Å². The highest BCUT2D eigenvalue weighted by molar-refractivity contribution is 7.71. The lowest BCUT2D eigenvalue weighted by molar-refractivity contribution is 0.806. The molecule has 0 aliphatic rings. The predicted octanol–water partition coefficient (Wildman–Crippen LogP) is 2.03. The zero-order chi connectivity index (χ0) is 14.1. The standard InChI is InChI=1S/C13H11N5OS/c1-2-7-18-11(16-17-13(18)20)10-14-9-6-4-3-5-8(9)12(19)15-10/h2-6H,1,7H2,(H,17,20)(H,14,15,19). The van der Waals surface area contributed by atoms with Crippen molar-refractivity contribution in [3.8, 4) is 11.6 Å². The Labute approximate surface area is 118 Å². The van der Waals surface area contributed by atoms with Crippen molar-refractivity contribution in [2.45, 2.75) is 6.54 Å². The van der Waals surface area contributed by atoms with E-state index in [0.717, 1.165) is 0 Å². The Balaban J connectivity index is 2.28. The van der Waals surface area contributed by atoms with E-state index in [2.05, 4.69) is 26.7 Å². The van der Waals surface area contributed by atoms with Gasteiger partial charge in [0.05, 0.1) is 10.9 Å². The molecule has 0 radical (unpaired) electrons. The van der Waals surface area contributed by atoms with Crippen LogP contribution in [0.2, 0.25) is 0 Å². The van der Waals surface area contributed by atoms with Crippen molar-refractivity contribution < 1.29 is 0 Å². The molecule has 3 rings (SSSR count). The van der Waals surface area contributed by atoms with Crippen LogP contribution in [0.4, 0.5) is 0 Å². The van der Waals surface area contributed by atoms with Gasteiger partial charge in [-0.1, -0.05) is 18.2 Å². The van der Waals surface area contributed by atoms with Gasteiger partial charge in [0, 0.05) is 6.54 Å². The summed E-state index contributed by atoms with van der Waals surface area (Å²) in [6, 6.07) is 7.14. The number of H-pyrrole nitrogens is 2. The number of hydrogen-bond acceptors (Lipinski definition) is 4. The van der Waals surface area contributed by atoms with Crippen molar-refractivity contribution in [1.82, 2.24) is 24.7 Å². The topological polar surface area (TPSA) is 79.4 Å². The maximum Gasteiger partial charge on any atom is 0.259 e. The molecule has 2 N–H and O–H groups in total. The fourth-order valence-electron chi connectivity index (χ4n) is 1.99. The number of allylic oxidation sites excluding steroid dienone is 1. The maximum atomic E-state index is 12.1. The molecule has 3 aromatic rings. The quantitative estimate of drug-likeness (QED) is 0.570. The molecule has 0 amide bonds. The van der Waals surface area contributed by atoms with Gasteiger partial charge in [-0.05, 0) is 24.4 Å². The number of benzene rings is 1. The minimum atomic E-state index is -0.204. The highest BCUT2D eigenvalue weighted by Gasteiger charge is 2.12. The van der Waals surface area contributed by atoms with Gasteiger partial charge in [-0.3, -0.25) is 14.5 Å². The largest absolute Gasteiger partial charge is 0.303 e. The Hall–Kier alpha value is -2.54. The molecular weight excluding hydrogens is 274 g/mol. The van der Waals surface area contributed by atoms with Gasteiger partial charge in [-0.15, -0.1) is 6.58 Å². The normalized spacial score (nSPS) is 10.8. The molecule has 2 aromatic heterocycles. The number of fused-ring (bicyclic) bond motifs is 1. The molecule has 0 saturated carbocycles. The highest BCUT2D eigenvalue weighted by Crippen LogP contribution is 2.14. The van der Waals surface area contributed by atoms with Gasteiger partial charge in [0.2, 0.25) is 0 Å². The summed E-state index contributed by atoms with van der Waals surface area (Å²) < 4.78 is 2.17. The number of nitrogens with zero attached hydrogens (tertiary/aromatic N) is 3. The molecule has 0 bridgehead atoms. The number of aromatic nitrogens is 5. The number of rotatable bonds is 3. The van der Waals surface area contributed by atoms with Gasteiger partial charge in [0.1, 0.15) is 0 Å². The van der Waals surface area contributed by atoms with E-state index in [4.69, 9.17) is 12.2 Å². The number of hydrogen-bond donors (Lipinski definition) is 2. The summed E-state index contributed by atoms with van der Waals surface area (Å²) in [5.41, 5.74) is 0.412. The lowest BCUT2D eigenvalue weighted by atomic mass is 10.2. The fourth-order valence-corrected chi connectivity index (χ4v) is 2.20. The molecule has 2 heterocycles. The zero-order valence-corrected chi connectivity index (χ0v) is 11.3. The number of para-hydroxylation sites is 1. The lowest BCUT2D eigenvalue weighted by Crippen LogP contribution is -2.11. The van der Waals surface area contributed by atoms with Crippen LogP contribution in [0, 0.1) is 4.77 Å². The molecule has 0 fully saturated rings. The van der Waals surface area contributed by atoms with Crippen LogP contribution in [0.3, 0.4) is 0 Å². The van der Waals surface area contributed by atoms with Crippen LogP contribution in [0.1, 0.15) is 0 Å². The van der Waals surface area contributed by atoms with Gasteiger partial charge >= 0.3 is 0 Å². The van der Waals surface area contributed by atoms with E-state index >= 15 is 0 Å². The van der Waals surface area contributed by atoms with Crippen LogP contribution in [-0.2, 0) is 6.54 Å². The maximum absolute atomic E-state index is 12.1. The Morgan fingerprint density at radius 3 is 3.00 bits per heavy atom. The summed E-state index contributed by atoms with van der Waals surface area (Å²) in [5.74, 6) is 0.862. The van der Waals surface area contributed by atoms with Crippen LogP contribution in [0.25, 0.3) is 22.6 Å². The predicted molar refractivity (Wildman–Crippen MR) is 79.0 cm³/mol. The van der Waals surface area contributed by atoms with Crippen molar-refractivity contribution >= 4 is 23.1 Å². The zero-order valence-electron chi connectivity index (χ0n) is 10.5. The third-order valence-corrected chi connectivity index (χ3v) is 3.21. The van der Waals surface area contributed by atoms with Gasteiger partial charge < -0.3 is 4.98 Å². The molecule has 0 aliphatic heterocycles. The van der Waals surface area contributed by atoms with Crippen molar-refractivity contribution in [3.05, 3.63) is 52.0 Å². The minimum absolute atomic E-state index is 0.204. The second-order valence-electron chi connectivity index (χ2n) is 4.18. The van der Waals surface area contributed by atoms with Crippen molar-refractivity contribution in [2.24, 2.45) is 0 Å². The Bertz CT molecular complexity index is 905. The molecular formula is C13H11N5OS. The van der Waals surface area contributed by atoms with E-state index in [0.29, 0.717) is 33.9 Å². The van der Waals surface area contributed by atoms with Gasteiger partial charge in [-0.25, -0.2) is 4.98 Å². The summed E-state index contributed by atoms with van der Waals surface area (Å²) in [6.45, 7) is 4.17. The van der Waals surface area contributed by atoms with Crippen molar-refractivity contribution in [2.75, 3.05) is 0 Å². The van der Waals surface area contributed by atoms with Gasteiger partial charge in [0.15, 0.2) is 16.4 Å². The molecule has 0 spiro atoms. The van der Waals surface area contributed by atoms with Crippen molar-refractivity contribution in [1.29, 1.82) is 0 Å².